The van der Waals surface area contributed by atoms with Gasteiger partial charge in [0.2, 0.25) is 0 Å². The van der Waals surface area contributed by atoms with E-state index in [1.165, 1.54) is 12.8 Å². The lowest BCUT2D eigenvalue weighted by Crippen LogP contribution is -2.27. The molecule has 2 rings (SSSR count). The molecule has 1 heterocycles. The Balaban J connectivity index is 1.96. The zero-order chi connectivity index (χ0) is 13.7. The molecule has 102 valence electrons. The second-order valence-corrected chi connectivity index (χ2v) is 5.45. The molecule has 0 atom stereocenters. The summed E-state index contributed by atoms with van der Waals surface area (Å²) in [6.45, 7) is 6.60. The molecule has 0 amide bonds. The highest BCUT2D eigenvalue weighted by molar-refractivity contribution is 5.39. The van der Waals surface area contributed by atoms with Crippen molar-refractivity contribution in [3.8, 4) is 12.3 Å². The molecule has 0 aliphatic heterocycles. The number of rotatable bonds is 7. The van der Waals surface area contributed by atoms with Gasteiger partial charge in [-0.2, -0.15) is 5.10 Å². The molecule has 0 unspecified atom stereocenters. The van der Waals surface area contributed by atoms with Crippen molar-refractivity contribution in [2.45, 2.75) is 39.3 Å². The summed E-state index contributed by atoms with van der Waals surface area (Å²) in [6.07, 6.45) is 8.04. The van der Waals surface area contributed by atoms with Gasteiger partial charge in [0, 0.05) is 19.1 Å². The second kappa shape index (κ2) is 6.53. The monoisotopic (exact) mass is 258 g/mol. The minimum absolute atomic E-state index is 0.453. The zero-order valence-corrected chi connectivity index (χ0v) is 11.8. The van der Waals surface area contributed by atoms with E-state index in [0.29, 0.717) is 12.6 Å². The first-order valence-corrected chi connectivity index (χ1v) is 6.93. The summed E-state index contributed by atoms with van der Waals surface area (Å²) in [4.78, 5) is 2.14. The fourth-order valence-corrected chi connectivity index (χ4v) is 1.89. The minimum Gasteiger partial charge on any atom is -0.344 e. The Morgan fingerprint density at radius 3 is 2.74 bits per heavy atom. The van der Waals surface area contributed by atoms with Gasteiger partial charge in [-0.25, -0.2) is 0 Å². The van der Waals surface area contributed by atoms with Gasteiger partial charge in [0.15, 0.2) is 5.82 Å². The molecular formula is C15H22N4. The van der Waals surface area contributed by atoms with Crippen molar-refractivity contribution in [2.75, 3.05) is 18.0 Å². The average molecular weight is 258 g/mol. The maximum Gasteiger partial charge on any atom is 0.152 e. The molecule has 1 aliphatic rings. The predicted molar refractivity (Wildman–Crippen MR) is 77.8 cm³/mol. The smallest absolute Gasteiger partial charge is 0.152 e. The van der Waals surface area contributed by atoms with Crippen LogP contribution in [0.3, 0.4) is 0 Å². The van der Waals surface area contributed by atoms with E-state index in [4.69, 9.17) is 6.42 Å². The Kier molecular flexibility index (Phi) is 4.75. The van der Waals surface area contributed by atoms with Gasteiger partial charge in [0.05, 0.1) is 12.2 Å². The standard InChI is InChI=1S/C15H22N4/c1-4-9-19(11-13-5-6-13)15-8-7-14(17-18-15)10-16-12(2)3/h1,7-8,12-13,16H,5-6,9-11H2,2-3H3. The van der Waals surface area contributed by atoms with Crippen molar-refractivity contribution in [1.29, 1.82) is 0 Å². The topological polar surface area (TPSA) is 41.0 Å². The number of aromatic nitrogens is 2. The van der Waals surface area contributed by atoms with Crippen molar-refractivity contribution in [3.63, 3.8) is 0 Å². The first kappa shape index (κ1) is 13.8. The molecule has 1 N–H and O–H groups in total. The van der Waals surface area contributed by atoms with Crippen molar-refractivity contribution < 1.29 is 0 Å². The largest absolute Gasteiger partial charge is 0.344 e. The summed E-state index contributed by atoms with van der Waals surface area (Å²) < 4.78 is 0. The summed E-state index contributed by atoms with van der Waals surface area (Å²) in [6, 6.07) is 4.49. The van der Waals surface area contributed by atoms with Crippen LogP contribution in [0.5, 0.6) is 0 Å². The van der Waals surface area contributed by atoms with Gasteiger partial charge in [-0.15, -0.1) is 11.5 Å². The van der Waals surface area contributed by atoms with E-state index < -0.39 is 0 Å². The van der Waals surface area contributed by atoms with E-state index in [1.54, 1.807) is 0 Å². The fourth-order valence-electron chi connectivity index (χ4n) is 1.89. The molecule has 4 nitrogen and oxygen atoms in total. The van der Waals surface area contributed by atoms with Crippen LogP contribution >= 0.6 is 0 Å². The highest BCUT2D eigenvalue weighted by Gasteiger charge is 2.24. The van der Waals surface area contributed by atoms with E-state index in [-0.39, 0.29) is 0 Å². The Morgan fingerprint density at radius 2 is 2.21 bits per heavy atom. The van der Waals surface area contributed by atoms with Gasteiger partial charge >= 0.3 is 0 Å². The third-order valence-corrected chi connectivity index (χ3v) is 3.18. The van der Waals surface area contributed by atoms with E-state index in [0.717, 1.165) is 30.5 Å². The van der Waals surface area contributed by atoms with Crippen LogP contribution in [0.4, 0.5) is 5.82 Å². The van der Waals surface area contributed by atoms with E-state index in [1.807, 2.05) is 12.1 Å². The molecule has 0 spiro atoms. The van der Waals surface area contributed by atoms with Crippen LogP contribution in [-0.2, 0) is 6.54 Å². The normalized spacial score (nSPS) is 14.4. The van der Waals surface area contributed by atoms with Crippen LogP contribution in [0.1, 0.15) is 32.4 Å². The number of terminal acetylenes is 1. The SMILES string of the molecule is C#CCN(CC1CC1)c1ccc(CNC(C)C)nn1. The molecular weight excluding hydrogens is 236 g/mol. The van der Waals surface area contributed by atoms with Gasteiger partial charge in [-0.3, -0.25) is 0 Å². The van der Waals surface area contributed by atoms with Crippen LogP contribution < -0.4 is 10.2 Å². The number of nitrogens with one attached hydrogen (secondary N) is 1. The summed E-state index contributed by atoms with van der Waals surface area (Å²) in [5.41, 5.74) is 0.963. The molecule has 19 heavy (non-hydrogen) atoms. The number of hydrogen-bond acceptors (Lipinski definition) is 4. The molecule has 0 aromatic carbocycles. The highest BCUT2D eigenvalue weighted by Crippen LogP contribution is 2.30. The van der Waals surface area contributed by atoms with Crippen molar-refractivity contribution in [3.05, 3.63) is 17.8 Å². The molecule has 0 saturated heterocycles. The summed E-state index contributed by atoms with van der Waals surface area (Å²) >= 11 is 0. The average Bonchev–Trinajstić information content (AvgIpc) is 3.20. The maximum absolute atomic E-state index is 5.42. The summed E-state index contributed by atoms with van der Waals surface area (Å²) in [5.74, 6) is 4.38. The van der Waals surface area contributed by atoms with Crippen LogP contribution in [0, 0.1) is 18.3 Å². The highest BCUT2D eigenvalue weighted by atomic mass is 15.3. The Bertz CT molecular complexity index is 428. The van der Waals surface area contributed by atoms with Crippen molar-refractivity contribution in [1.82, 2.24) is 15.5 Å². The molecule has 4 heteroatoms. The van der Waals surface area contributed by atoms with Crippen LogP contribution in [0.2, 0.25) is 0 Å². The van der Waals surface area contributed by atoms with Gasteiger partial charge in [-0.05, 0) is 30.9 Å². The third kappa shape index (κ3) is 4.53. The molecule has 1 aliphatic carbocycles. The Hall–Kier alpha value is -1.60. The third-order valence-electron chi connectivity index (χ3n) is 3.18. The fraction of sp³-hybridized carbons (Fsp3) is 0.600. The minimum atomic E-state index is 0.453. The first-order chi connectivity index (χ1) is 9.19. The molecule has 0 radical (unpaired) electrons. The summed E-state index contributed by atoms with van der Waals surface area (Å²) in [5, 5.41) is 11.9. The molecule has 0 bridgehead atoms. The Labute approximate surface area is 115 Å². The van der Waals surface area contributed by atoms with E-state index in [9.17, 15) is 0 Å². The second-order valence-electron chi connectivity index (χ2n) is 5.45. The molecule has 1 saturated carbocycles. The number of anilines is 1. The number of hydrogen-bond donors (Lipinski definition) is 1. The molecule has 1 aromatic rings. The first-order valence-electron chi connectivity index (χ1n) is 6.93. The quantitative estimate of drug-likeness (QED) is 0.758. The van der Waals surface area contributed by atoms with Crippen molar-refractivity contribution >= 4 is 5.82 Å². The van der Waals surface area contributed by atoms with Crippen LogP contribution in [0.15, 0.2) is 12.1 Å². The maximum atomic E-state index is 5.42. The molecule has 1 fully saturated rings. The van der Waals surface area contributed by atoms with E-state index in [2.05, 4.69) is 40.2 Å². The zero-order valence-electron chi connectivity index (χ0n) is 11.8. The van der Waals surface area contributed by atoms with Crippen LogP contribution in [0.25, 0.3) is 0 Å². The molecule has 1 aromatic heterocycles. The number of nitrogens with zero attached hydrogens (tertiary/aromatic N) is 3. The summed E-state index contributed by atoms with van der Waals surface area (Å²) in [7, 11) is 0. The van der Waals surface area contributed by atoms with Gasteiger partial charge < -0.3 is 10.2 Å². The lowest BCUT2D eigenvalue weighted by Gasteiger charge is -2.20. The lowest BCUT2D eigenvalue weighted by atomic mass is 10.3. The van der Waals surface area contributed by atoms with Gasteiger partial charge in [0.1, 0.15) is 0 Å². The van der Waals surface area contributed by atoms with Gasteiger partial charge in [0.25, 0.3) is 0 Å². The van der Waals surface area contributed by atoms with Crippen LogP contribution in [-0.4, -0.2) is 29.3 Å². The predicted octanol–water partition coefficient (Wildman–Crippen LogP) is 1.82. The Morgan fingerprint density at radius 1 is 1.42 bits per heavy atom. The van der Waals surface area contributed by atoms with E-state index >= 15 is 0 Å². The van der Waals surface area contributed by atoms with Crippen molar-refractivity contribution in [2.24, 2.45) is 5.92 Å². The van der Waals surface area contributed by atoms with Gasteiger partial charge in [-0.1, -0.05) is 19.8 Å². The lowest BCUT2D eigenvalue weighted by molar-refractivity contribution is 0.577.